The van der Waals surface area contributed by atoms with Crippen molar-refractivity contribution in [1.82, 2.24) is 14.9 Å². The Balaban J connectivity index is 2.04. The fourth-order valence-electron chi connectivity index (χ4n) is 1.80. The number of nitrogens with two attached hydrogens (primary N) is 1. The molecule has 0 aliphatic carbocycles. The van der Waals surface area contributed by atoms with Gasteiger partial charge in [-0.1, -0.05) is 0 Å². The fourth-order valence-corrected chi connectivity index (χ4v) is 1.80. The molecule has 1 aromatic heterocycles. The van der Waals surface area contributed by atoms with Crippen LogP contribution < -0.4 is 16.6 Å². The third-order valence-corrected chi connectivity index (χ3v) is 2.97. The van der Waals surface area contributed by atoms with Crippen LogP contribution in [0.3, 0.4) is 0 Å². The summed E-state index contributed by atoms with van der Waals surface area (Å²) in [6.07, 6.45) is 3.54. The molecule has 1 aromatic carbocycles. The maximum atomic E-state index is 12.0. The Bertz CT molecular complexity index is 590. The third-order valence-electron chi connectivity index (χ3n) is 2.97. The molecular formula is C13H17N5O. The van der Waals surface area contributed by atoms with Gasteiger partial charge in [0.2, 0.25) is 0 Å². The molecule has 0 fully saturated rings. The second-order valence-electron chi connectivity index (χ2n) is 4.31. The van der Waals surface area contributed by atoms with Crippen LogP contribution in [0.25, 0.3) is 0 Å². The number of imidazole rings is 1. The summed E-state index contributed by atoms with van der Waals surface area (Å²) in [6, 6.07) is 5.31. The molecule has 0 unspecified atom stereocenters. The summed E-state index contributed by atoms with van der Waals surface area (Å²) < 4.78 is 1.87. The van der Waals surface area contributed by atoms with Crippen molar-refractivity contribution in [1.29, 1.82) is 0 Å². The van der Waals surface area contributed by atoms with Gasteiger partial charge in [0, 0.05) is 25.0 Å². The van der Waals surface area contributed by atoms with Crippen LogP contribution in [0.4, 0.5) is 5.69 Å². The molecule has 6 heteroatoms. The van der Waals surface area contributed by atoms with Gasteiger partial charge < -0.3 is 15.3 Å². The largest absolute Gasteiger partial charge is 0.345 e. The molecule has 2 aromatic rings. The number of carbonyl (C=O) groups is 1. The van der Waals surface area contributed by atoms with Crippen molar-refractivity contribution in [3.05, 3.63) is 47.5 Å². The molecule has 0 spiro atoms. The molecular weight excluding hydrogens is 242 g/mol. The van der Waals surface area contributed by atoms with Gasteiger partial charge in [-0.25, -0.2) is 4.98 Å². The monoisotopic (exact) mass is 259 g/mol. The number of hydrogen-bond acceptors (Lipinski definition) is 4. The Kier molecular flexibility index (Phi) is 3.82. The zero-order chi connectivity index (χ0) is 13.8. The first-order chi connectivity index (χ1) is 9.11. The van der Waals surface area contributed by atoms with E-state index in [0.717, 1.165) is 17.1 Å². The number of anilines is 1. The number of carbonyl (C=O) groups excluding carboxylic acids is 1. The summed E-state index contributed by atoms with van der Waals surface area (Å²) in [6.45, 7) is 2.29. The van der Waals surface area contributed by atoms with Gasteiger partial charge in [0.15, 0.2) is 0 Å². The average Bonchev–Trinajstić information content (AvgIpc) is 2.81. The third kappa shape index (κ3) is 2.92. The van der Waals surface area contributed by atoms with Crippen LogP contribution in [0.15, 0.2) is 30.6 Å². The topological polar surface area (TPSA) is 85.0 Å². The first-order valence-electron chi connectivity index (χ1n) is 5.93. The molecule has 100 valence electrons. The standard InChI is InChI=1S/C13H17N5O/c1-9-7-10(3-4-11(9)17-14)13(19)16-8-12-15-5-6-18(12)2/h3-7,17H,8,14H2,1-2H3,(H,16,19). The van der Waals surface area contributed by atoms with Crippen molar-refractivity contribution < 1.29 is 4.79 Å². The van der Waals surface area contributed by atoms with E-state index in [1.54, 1.807) is 24.4 Å². The predicted molar refractivity (Wildman–Crippen MR) is 73.4 cm³/mol. The number of aryl methyl sites for hydroxylation is 2. The number of amides is 1. The number of aromatic nitrogens is 2. The predicted octanol–water partition coefficient (Wildman–Crippen LogP) is 0.944. The first-order valence-corrected chi connectivity index (χ1v) is 5.93. The highest BCUT2D eigenvalue weighted by Crippen LogP contribution is 2.15. The van der Waals surface area contributed by atoms with Gasteiger partial charge in [0.05, 0.1) is 12.2 Å². The van der Waals surface area contributed by atoms with Gasteiger partial charge in [-0.2, -0.15) is 0 Å². The highest BCUT2D eigenvalue weighted by atomic mass is 16.1. The number of benzene rings is 1. The number of nitrogens with one attached hydrogen (secondary N) is 2. The lowest BCUT2D eigenvalue weighted by Crippen LogP contribution is -2.24. The Morgan fingerprint density at radius 3 is 2.84 bits per heavy atom. The van der Waals surface area contributed by atoms with Crippen molar-refractivity contribution in [3.8, 4) is 0 Å². The van der Waals surface area contributed by atoms with E-state index >= 15 is 0 Å². The van der Waals surface area contributed by atoms with Crippen LogP contribution in [0.2, 0.25) is 0 Å². The van der Waals surface area contributed by atoms with E-state index in [1.165, 1.54) is 0 Å². The van der Waals surface area contributed by atoms with Crippen molar-refractivity contribution in [2.75, 3.05) is 5.43 Å². The summed E-state index contributed by atoms with van der Waals surface area (Å²) in [5.74, 6) is 6.04. The van der Waals surface area contributed by atoms with E-state index in [4.69, 9.17) is 5.84 Å². The van der Waals surface area contributed by atoms with Gasteiger partial charge in [0.25, 0.3) is 5.91 Å². The van der Waals surface area contributed by atoms with E-state index in [0.29, 0.717) is 12.1 Å². The average molecular weight is 259 g/mol. The fraction of sp³-hybridized carbons (Fsp3) is 0.231. The number of nitrogen functional groups attached to an aromatic ring is 1. The first kappa shape index (κ1) is 13.1. The maximum Gasteiger partial charge on any atom is 0.251 e. The van der Waals surface area contributed by atoms with Crippen molar-refractivity contribution in [3.63, 3.8) is 0 Å². The summed E-state index contributed by atoms with van der Waals surface area (Å²) in [5, 5.41) is 2.83. The lowest BCUT2D eigenvalue weighted by Gasteiger charge is -2.08. The van der Waals surface area contributed by atoms with Gasteiger partial charge in [-0.15, -0.1) is 0 Å². The van der Waals surface area contributed by atoms with Gasteiger partial charge >= 0.3 is 0 Å². The second kappa shape index (κ2) is 5.53. The van der Waals surface area contributed by atoms with Gasteiger partial charge in [0.1, 0.15) is 5.82 Å². The van der Waals surface area contributed by atoms with Gasteiger partial charge in [-0.05, 0) is 30.7 Å². The Morgan fingerprint density at radius 2 is 2.26 bits per heavy atom. The molecule has 0 aliphatic rings. The van der Waals surface area contributed by atoms with E-state index in [-0.39, 0.29) is 5.91 Å². The molecule has 0 saturated carbocycles. The molecule has 1 amide bonds. The van der Waals surface area contributed by atoms with Crippen molar-refractivity contribution >= 4 is 11.6 Å². The summed E-state index contributed by atoms with van der Waals surface area (Å²) >= 11 is 0. The summed E-state index contributed by atoms with van der Waals surface area (Å²) in [4.78, 5) is 16.2. The summed E-state index contributed by atoms with van der Waals surface area (Å²) in [5.41, 5.74) is 4.91. The van der Waals surface area contributed by atoms with E-state index in [9.17, 15) is 4.79 Å². The summed E-state index contributed by atoms with van der Waals surface area (Å²) in [7, 11) is 1.89. The maximum absolute atomic E-state index is 12.0. The van der Waals surface area contributed by atoms with E-state index in [1.807, 2.05) is 24.7 Å². The molecule has 0 atom stereocenters. The number of nitrogens with zero attached hydrogens (tertiary/aromatic N) is 2. The van der Waals surface area contributed by atoms with Gasteiger partial charge in [-0.3, -0.25) is 10.6 Å². The Labute approximate surface area is 111 Å². The lowest BCUT2D eigenvalue weighted by molar-refractivity contribution is 0.0949. The molecule has 4 N–H and O–H groups in total. The highest BCUT2D eigenvalue weighted by molar-refractivity contribution is 5.94. The molecule has 0 saturated heterocycles. The second-order valence-corrected chi connectivity index (χ2v) is 4.31. The number of hydrazine groups is 1. The van der Waals surface area contributed by atoms with E-state index in [2.05, 4.69) is 15.7 Å². The number of rotatable bonds is 4. The molecule has 0 radical (unpaired) electrons. The quantitative estimate of drug-likeness (QED) is 0.563. The molecule has 19 heavy (non-hydrogen) atoms. The smallest absolute Gasteiger partial charge is 0.251 e. The van der Waals surface area contributed by atoms with Crippen LogP contribution in [-0.2, 0) is 13.6 Å². The van der Waals surface area contributed by atoms with Crippen LogP contribution >= 0.6 is 0 Å². The molecule has 6 nitrogen and oxygen atoms in total. The SMILES string of the molecule is Cc1cc(C(=O)NCc2nccn2C)ccc1NN. The Hall–Kier alpha value is -2.34. The lowest BCUT2D eigenvalue weighted by atomic mass is 10.1. The minimum absolute atomic E-state index is 0.130. The van der Waals surface area contributed by atoms with Crippen molar-refractivity contribution in [2.24, 2.45) is 12.9 Å². The van der Waals surface area contributed by atoms with E-state index < -0.39 is 0 Å². The van der Waals surface area contributed by atoms with Crippen LogP contribution in [0.1, 0.15) is 21.7 Å². The molecule has 1 heterocycles. The van der Waals surface area contributed by atoms with Crippen LogP contribution in [0.5, 0.6) is 0 Å². The molecule has 2 rings (SSSR count). The van der Waals surface area contributed by atoms with Crippen molar-refractivity contribution in [2.45, 2.75) is 13.5 Å². The van der Waals surface area contributed by atoms with Crippen LogP contribution in [0, 0.1) is 6.92 Å². The highest BCUT2D eigenvalue weighted by Gasteiger charge is 2.08. The minimum atomic E-state index is -0.130. The normalized spacial score (nSPS) is 10.3. The zero-order valence-corrected chi connectivity index (χ0v) is 11.0. The minimum Gasteiger partial charge on any atom is -0.345 e. The number of hydrogen-bond donors (Lipinski definition) is 3. The van der Waals surface area contributed by atoms with Crippen LogP contribution in [-0.4, -0.2) is 15.5 Å². The molecule has 0 bridgehead atoms. The Morgan fingerprint density at radius 1 is 1.47 bits per heavy atom. The molecule has 0 aliphatic heterocycles. The zero-order valence-electron chi connectivity index (χ0n) is 11.0.